The van der Waals surface area contributed by atoms with E-state index in [9.17, 15) is 0 Å². The van der Waals surface area contributed by atoms with Crippen LogP contribution in [0.1, 0.15) is 91.3 Å². The summed E-state index contributed by atoms with van der Waals surface area (Å²) in [4.78, 5) is 12.8. The fourth-order valence-corrected chi connectivity index (χ4v) is 4.16. The lowest BCUT2D eigenvalue weighted by Gasteiger charge is -2.22. The van der Waals surface area contributed by atoms with E-state index in [0.29, 0.717) is 34.9 Å². The van der Waals surface area contributed by atoms with E-state index in [-0.39, 0.29) is 0 Å². The molecule has 2 aliphatic rings. The van der Waals surface area contributed by atoms with Crippen LogP contribution in [0.5, 0.6) is 0 Å². The summed E-state index contributed by atoms with van der Waals surface area (Å²) in [5, 5.41) is 0. The first-order valence-electron chi connectivity index (χ1n) is 12.2. The van der Waals surface area contributed by atoms with E-state index in [0.717, 1.165) is 18.5 Å². The van der Waals surface area contributed by atoms with E-state index < -0.39 is 0 Å². The van der Waals surface area contributed by atoms with Gasteiger partial charge in [-0.2, -0.15) is 0 Å². The first-order chi connectivity index (χ1) is 15.2. The third kappa shape index (κ3) is 6.73. The number of rotatable bonds is 0. The van der Waals surface area contributed by atoms with Crippen molar-refractivity contribution in [3.05, 3.63) is 12.2 Å². The van der Waals surface area contributed by atoms with E-state index in [2.05, 4.69) is 38.6 Å². The van der Waals surface area contributed by atoms with Crippen LogP contribution in [0.3, 0.4) is 0 Å². The Hall–Kier alpha value is -2.53. The summed E-state index contributed by atoms with van der Waals surface area (Å²) >= 11 is 0. The number of imidazole rings is 1. The minimum Gasteiger partial charge on any atom is -0.382 e. The number of nitrogens with zero attached hydrogens (tertiary/aromatic N) is 4. The number of fused-ring (bicyclic) bond motifs is 1. The molecule has 2 N–H and O–H groups in total. The van der Waals surface area contributed by atoms with Crippen LogP contribution in [0.15, 0.2) is 6.33 Å². The van der Waals surface area contributed by atoms with Crippen LogP contribution in [0.2, 0.25) is 0 Å². The lowest BCUT2D eigenvalue weighted by atomic mass is 9.82. The highest BCUT2D eigenvalue weighted by atomic mass is 15.1. The Morgan fingerprint density at radius 2 is 1.35 bits per heavy atom. The molecule has 31 heavy (non-hydrogen) atoms. The molecule has 5 heteroatoms. The molecule has 0 amide bonds. The van der Waals surface area contributed by atoms with Crippen LogP contribution >= 0.6 is 0 Å². The first kappa shape index (κ1) is 24.7. The zero-order chi connectivity index (χ0) is 22.6. The van der Waals surface area contributed by atoms with E-state index in [1.54, 1.807) is 0 Å². The van der Waals surface area contributed by atoms with Gasteiger partial charge in [-0.05, 0) is 44.4 Å². The molecule has 168 valence electrons. The third-order valence-corrected chi connectivity index (χ3v) is 5.90. The first-order valence-corrected chi connectivity index (χ1v) is 12.2. The van der Waals surface area contributed by atoms with E-state index in [4.69, 9.17) is 5.73 Å². The summed E-state index contributed by atoms with van der Waals surface area (Å²) in [6, 6.07) is 0. The molecular weight excluding hydrogens is 382 g/mol. The van der Waals surface area contributed by atoms with Gasteiger partial charge in [0.25, 0.3) is 0 Å². The summed E-state index contributed by atoms with van der Waals surface area (Å²) in [6.45, 7) is 8.00. The van der Waals surface area contributed by atoms with Gasteiger partial charge in [0.2, 0.25) is 0 Å². The Balaban J connectivity index is 0.000000807. The van der Waals surface area contributed by atoms with Crippen molar-refractivity contribution in [3.8, 4) is 23.7 Å². The van der Waals surface area contributed by atoms with Gasteiger partial charge in [-0.3, -0.25) is 0 Å². The average Bonchev–Trinajstić information content (AvgIpc) is 3.17. The Morgan fingerprint density at radius 1 is 0.806 bits per heavy atom. The van der Waals surface area contributed by atoms with E-state index in [1.807, 2.05) is 39.3 Å². The summed E-state index contributed by atoms with van der Waals surface area (Å²) in [6.07, 6.45) is 12.8. The Bertz CT molecular complexity index is 924. The van der Waals surface area contributed by atoms with Crippen LogP contribution in [-0.2, 0) is 7.05 Å². The van der Waals surface area contributed by atoms with Crippen molar-refractivity contribution in [2.45, 2.75) is 85.5 Å². The third-order valence-electron chi connectivity index (χ3n) is 5.90. The summed E-state index contributed by atoms with van der Waals surface area (Å²) in [5.74, 6) is 16.6. The maximum atomic E-state index is 5.89. The van der Waals surface area contributed by atoms with Gasteiger partial charge < -0.3 is 10.3 Å². The molecule has 0 radical (unpaired) electrons. The predicted octanol–water partition coefficient (Wildman–Crippen LogP) is 5.74. The van der Waals surface area contributed by atoms with Gasteiger partial charge in [0.15, 0.2) is 22.8 Å². The van der Waals surface area contributed by atoms with Crippen molar-refractivity contribution in [2.24, 2.45) is 24.8 Å². The maximum Gasteiger partial charge on any atom is 0.187 e. The monoisotopic (exact) mass is 421 g/mol. The topological polar surface area (TPSA) is 69.6 Å². The quantitative estimate of drug-likeness (QED) is 0.551. The molecule has 2 fully saturated rings. The average molecular weight is 422 g/mol. The molecule has 2 aliphatic carbocycles. The number of nitrogens with two attached hydrogens (primary N) is 1. The highest BCUT2D eigenvalue weighted by molar-refractivity contribution is 5.82. The molecule has 2 aromatic heterocycles. The minimum atomic E-state index is 0.403. The molecule has 4 rings (SSSR count). The van der Waals surface area contributed by atoms with Crippen molar-refractivity contribution in [1.29, 1.82) is 0 Å². The molecule has 0 aromatic carbocycles. The van der Waals surface area contributed by atoms with Crippen LogP contribution in [-0.4, -0.2) is 19.5 Å². The largest absolute Gasteiger partial charge is 0.382 e. The van der Waals surface area contributed by atoms with Gasteiger partial charge in [0.1, 0.15) is 6.33 Å². The molecule has 0 unspecified atom stereocenters. The Morgan fingerprint density at radius 3 is 1.94 bits per heavy atom. The lowest BCUT2D eigenvalue weighted by Crippen LogP contribution is -2.12. The smallest absolute Gasteiger partial charge is 0.187 e. The SMILES string of the molecule is CC.CC.Cn1c(C#CC2CCC(C#CC3CCCCC3)CC2)nc2c(N)ncnc21. The van der Waals surface area contributed by atoms with Crippen molar-refractivity contribution < 1.29 is 0 Å². The van der Waals surface area contributed by atoms with Crippen molar-refractivity contribution in [2.75, 3.05) is 5.73 Å². The van der Waals surface area contributed by atoms with Crippen LogP contribution < -0.4 is 5.73 Å². The normalized spacial score (nSPS) is 20.7. The number of hydrogen-bond acceptors (Lipinski definition) is 4. The molecule has 2 saturated carbocycles. The molecule has 2 heterocycles. The van der Waals surface area contributed by atoms with Gasteiger partial charge in [-0.25, -0.2) is 15.0 Å². The van der Waals surface area contributed by atoms with Gasteiger partial charge in [-0.1, -0.05) is 64.7 Å². The van der Waals surface area contributed by atoms with Crippen molar-refractivity contribution in [1.82, 2.24) is 19.5 Å². The molecule has 0 bridgehead atoms. The zero-order valence-electron chi connectivity index (χ0n) is 20.0. The number of anilines is 1. The highest BCUT2D eigenvalue weighted by Crippen LogP contribution is 2.29. The fraction of sp³-hybridized carbons (Fsp3) is 0.654. The number of hydrogen-bond donors (Lipinski definition) is 1. The second-order valence-corrected chi connectivity index (χ2v) is 7.87. The van der Waals surface area contributed by atoms with Crippen LogP contribution in [0.4, 0.5) is 5.82 Å². The van der Waals surface area contributed by atoms with Crippen LogP contribution in [0, 0.1) is 41.4 Å². The van der Waals surface area contributed by atoms with Crippen LogP contribution in [0.25, 0.3) is 11.2 Å². The predicted molar refractivity (Wildman–Crippen MR) is 130 cm³/mol. The van der Waals surface area contributed by atoms with Gasteiger partial charge in [-0.15, -0.1) is 0 Å². The standard InChI is InChI=1S/C22H27N5.2C2H6/c1-27-19(26-20-21(23)24-15-25-22(20)27)14-13-18-11-9-17(10-12-18)8-7-16-5-3-2-4-6-16;2*1-2/h15-18H,2-6,9-12H2,1H3,(H2,23,24,25);2*1-2H3. The molecule has 0 atom stereocenters. The number of aryl methyl sites for hydroxylation is 1. The van der Waals surface area contributed by atoms with E-state index >= 15 is 0 Å². The second kappa shape index (κ2) is 13.0. The minimum absolute atomic E-state index is 0.403. The molecule has 0 aliphatic heterocycles. The van der Waals surface area contributed by atoms with Crippen molar-refractivity contribution in [3.63, 3.8) is 0 Å². The summed E-state index contributed by atoms with van der Waals surface area (Å²) < 4.78 is 1.89. The van der Waals surface area contributed by atoms with Gasteiger partial charge in [0.05, 0.1) is 0 Å². The lowest BCUT2D eigenvalue weighted by molar-refractivity contribution is 0.371. The highest BCUT2D eigenvalue weighted by Gasteiger charge is 2.19. The molecular formula is C26H39N5. The molecule has 0 spiro atoms. The maximum absolute atomic E-state index is 5.89. The molecule has 2 aromatic rings. The molecule has 5 nitrogen and oxygen atoms in total. The van der Waals surface area contributed by atoms with Crippen molar-refractivity contribution >= 4 is 17.0 Å². The Labute approximate surface area is 188 Å². The summed E-state index contributed by atoms with van der Waals surface area (Å²) in [5.41, 5.74) is 7.25. The number of nitrogen functional groups attached to an aromatic ring is 1. The Kier molecular flexibility index (Phi) is 10.4. The zero-order valence-corrected chi connectivity index (χ0v) is 20.0. The van der Waals surface area contributed by atoms with Gasteiger partial charge in [0, 0.05) is 24.8 Å². The number of aromatic nitrogens is 4. The summed E-state index contributed by atoms with van der Waals surface area (Å²) in [7, 11) is 1.92. The van der Waals surface area contributed by atoms with Gasteiger partial charge >= 0.3 is 0 Å². The van der Waals surface area contributed by atoms with E-state index in [1.165, 1.54) is 51.3 Å². The second-order valence-electron chi connectivity index (χ2n) is 7.87. The fourth-order valence-electron chi connectivity index (χ4n) is 4.16. The molecule has 0 saturated heterocycles.